The van der Waals surface area contributed by atoms with Gasteiger partial charge in [-0.05, 0) is 36.8 Å². The number of hydrogen-bond donors (Lipinski definition) is 0. The van der Waals surface area contributed by atoms with E-state index in [1.54, 1.807) is 37.3 Å². The predicted octanol–water partition coefficient (Wildman–Crippen LogP) is 4.38. The fourth-order valence-corrected chi connectivity index (χ4v) is 3.23. The molecule has 26 heavy (non-hydrogen) atoms. The van der Waals surface area contributed by atoms with Crippen LogP contribution in [-0.2, 0) is 13.1 Å². The maximum atomic E-state index is 12.9. The molecule has 3 rings (SSSR count). The number of nitrogens with zero attached hydrogens (tertiary/aromatic N) is 3. The van der Waals surface area contributed by atoms with Crippen LogP contribution in [-0.4, -0.2) is 34.5 Å². The number of para-hydroxylation sites is 2. The van der Waals surface area contributed by atoms with E-state index in [2.05, 4.69) is 17.6 Å². The van der Waals surface area contributed by atoms with Crippen LogP contribution in [0.4, 0.5) is 0 Å². The van der Waals surface area contributed by atoms with Crippen molar-refractivity contribution >= 4 is 28.5 Å². The summed E-state index contributed by atoms with van der Waals surface area (Å²) in [6, 6.07) is 13.1. The van der Waals surface area contributed by atoms with Crippen LogP contribution in [0.2, 0.25) is 5.02 Å². The van der Waals surface area contributed by atoms with Crippen LogP contribution in [0.3, 0.4) is 0 Å². The van der Waals surface area contributed by atoms with Gasteiger partial charge in [0.15, 0.2) is 0 Å². The molecule has 0 saturated heterocycles. The van der Waals surface area contributed by atoms with E-state index in [0.29, 0.717) is 22.9 Å². The van der Waals surface area contributed by atoms with E-state index in [1.165, 1.54) is 0 Å². The molecule has 6 heteroatoms. The Hall–Kier alpha value is -2.53. The Kier molecular flexibility index (Phi) is 5.47. The molecule has 0 unspecified atom stereocenters. The van der Waals surface area contributed by atoms with Crippen molar-refractivity contribution in [1.82, 2.24) is 14.5 Å². The minimum absolute atomic E-state index is 0.153. The Balaban J connectivity index is 1.91. The minimum Gasteiger partial charge on any atom is -0.496 e. The van der Waals surface area contributed by atoms with Crippen LogP contribution in [0.15, 0.2) is 42.5 Å². The average Bonchev–Trinajstić information content (AvgIpc) is 2.98. The van der Waals surface area contributed by atoms with E-state index in [9.17, 15) is 4.79 Å². The van der Waals surface area contributed by atoms with Crippen molar-refractivity contribution in [3.05, 3.63) is 58.9 Å². The number of fused-ring (bicyclic) bond motifs is 1. The van der Waals surface area contributed by atoms with Gasteiger partial charge in [0.2, 0.25) is 0 Å². The van der Waals surface area contributed by atoms with Crippen LogP contribution in [0.25, 0.3) is 11.0 Å². The highest BCUT2D eigenvalue weighted by molar-refractivity contribution is 6.31. The summed E-state index contributed by atoms with van der Waals surface area (Å²) in [4.78, 5) is 19.3. The monoisotopic (exact) mass is 371 g/mol. The van der Waals surface area contributed by atoms with Crippen molar-refractivity contribution in [3.63, 3.8) is 0 Å². The maximum absolute atomic E-state index is 12.9. The van der Waals surface area contributed by atoms with Crippen LogP contribution in [0.1, 0.15) is 29.5 Å². The number of halogens is 1. The Morgan fingerprint density at radius 1 is 1.27 bits per heavy atom. The minimum atomic E-state index is -0.153. The summed E-state index contributed by atoms with van der Waals surface area (Å²) >= 11 is 6.06. The normalized spacial score (nSPS) is 10.9. The molecule has 0 bridgehead atoms. The topological polar surface area (TPSA) is 47.4 Å². The number of ether oxygens (including phenoxy) is 1. The average molecular weight is 372 g/mol. The molecule has 0 aliphatic heterocycles. The van der Waals surface area contributed by atoms with Gasteiger partial charge in [0, 0.05) is 18.6 Å². The molecule has 0 fully saturated rings. The summed E-state index contributed by atoms with van der Waals surface area (Å²) < 4.78 is 7.48. The molecule has 136 valence electrons. The van der Waals surface area contributed by atoms with Gasteiger partial charge in [-0.2, -0.15) is 0 Å². The molecule has 3 aromatic rings. The molecule has 0 aliphatic carbocycles. The third-order valence-corrected chi connectivity index (χ3v) is 4.53. The Labute approximate surface area is 158 Å². The second kappa shape index (κ2) is 7.79. The number of carbonyl (C=O) groups is 1. The molecule has 0 aliphatic rings. The number of rotatable bonds is 6. The number of aromatic nitrogens is 2. The first-order valence-electron chi connectivity index (χ1n) is 8.58. The van der Waals surface area contributed by atoms with E-state index in [1.807, 2.05) is 18.2 Å². The van der Waals surface area contributed by atoms with Crippen LogP contribution in [0, 0.1) is 0 Å². The van der Waals surface area contributed by atoms with E-state index in [-0.39, 0.29) is 5.91 Å². The van der Waals surface area contributed by atoms with Crippen molar-refractivity contribution in [2.45, 2.75) is 26.4 Å². The number of methoxy groups -OCH3 is 1. The smallest absolute Gasteiger partial charge is 0.257 e. The quantitative estimate of drug-likeness (QED) is 0.646. The van der Waals surface area contributed by atoms with Crippen LogP contribution in [0.5, 0.6) is 5.75 Å². The van der Waals surface area contributed by atoms with Crippen molar-refractivity contribution in [2.24, 2.45) is 0 Å². The summed E-state index contributed by atoms with van der Waals surface area (Å²) in [6.45, 7) is 3.39. The molecular formula is C20H22ClN3O2. The molecule has 5 nitrogen and oxygen atoms in total. The van der Waals surface area contributed by atoms with Gasteiger partial charge < -0.3 is 14.2 Å². The lowest BCUT2D eigenvalue weighted by Gasteiger charge is -2.19. The van der Waals surface area contributed by atoms with Gasteiger partial charge in [-0.1, -0.05) is 30.7 Å². The molecule has 0 N–H and O–H groups in total. The highest BCUT2D eigenvalue weighted by Crippen LogP contribution is 2.25. The highest BCUT2D eigenvalue weighted by Gasteiger charge is 2.20. The summed E-state index contributed by atoms with van der Waals surface area (Å²) in [5, 5.41) is 0.501. The van der Waals surface area contributed by atoms with Gasteiger partial charge in [-0.3, -0.25) is 4.79 Å². The molecule has 1 aromatic heterocycles. The zero-order chi connectivity index (χ0) is 18.7. The van der Waals surface area contributed by atoms with Gasteiger partial charge in [0.05, 0.1) is 30.3 Å². The lowest BCUT2D eigenvalue weighted by Crippen LogP contribution is -2.28. The number of aryl methyl sites for hydroxylation is 1. The van der Waals surface area contributed by atoms with Crippen molar-refractivity contribution < 1.29 is 9.53 Å². The largest absolute Gasteiger partial charge is 0.496 e. The van der Waals surface area contributed by atoms with Gasteiger partial charge in [-0.25, -0.2) is 4.98 Å². The van der Waals surface area contributed by atoms with E-state index >= 15 is 0 Å². The Morgan fingerprint density at radius 2 is 2.04 bits per heavy atom. The third kappa shape index (κ3) is 3.53. The number of imidazole rings is 1. The second-order valence-corrected chi connectivity index (χ2v) is 6.61. The fraction of sp³-hybridized carbons (Fsp3) is 0.300. The molecule has 0 atom stereocenters. The number of amides is 1. The first-order valence-corrected chi connectivity index (χ1v) is 8.96. The summed E-state index contributed by atoms with van der Waals surface area (Å²) in [5.74, 6) is 1.22. The third-order valence-electron chi connectivity index (χ3n) is 4.30. The lowest BCUT2D eigenvalue weighted by atomic mass is 10.1. The van der Waals surface area contributed by atoms with Gasteiger partial charge in [0.25, 0.3) is 5.91 Å². The van der Waals surface area contributed by atoms with Crippen molar-refractivity contribution in [1.29, 1.82) is 0 Å². The van der Waals surface area contributed by atoms with Gasteiger partial charge >= 0.3 is 0 Å². The number of benzene rings is 2. The van der Waals surface area contributed by atoms with Crippen molar-refractivity contribution in [2.75, 3.05) is 14.2 Å². The zero-order valence-electron chi connectivity index (χ0n) is 15.2. The predicted molar refractivity (Wildman–Crippen MR) is 104 cm³/mol. The fourth-order valence-electron chi connectivity index (χ4n) is 3.06. The summed E-state index contributed by atoms with van der Waals surface area (Å²) in [6.07, 6.45) is 0.993. The molecule has 0 saturated carbocycles. The van der Waals surface area contributed by atoms with E-state index in [4.69, 9.17) is 21.3 Å². The number of carbonyl (C=O) groups excluding carboxylic acids is 1. The summed E-state index contributed by atoms with van der Waals surface area (Å²) in [5.41, 5.74) is 2.48. The van der Waals surface area contributed by atoms with Crippen LogP contribution >= 0.6 is 11.6 Å². The zero-order valence-corrected chi connectivity index (χ0v) is 16.0. The second-order valence-electron chi connectivity index (χ2n) is 6.17. The highest BCUT2D eigenvalue weighted by atomic mass is 35.5. The molecular weight excluding hydrogens is 350 g/mol. The van der Waals surface area contributed by atoms with Crippen LogP contribution < -0.4 is 4.74 Å². The van der Waals surface area contributed by atoms with Gasteiger partial charge in [0.1, 0.15) is 11.6 Å². The lowest BCUT2D eigenvalue weighted by molar-refractivity contribution is 0.0777. The summed E-state index contributed by atoms with van der Waals surface area (Å²) in [7, 11) is 3.30. The first kappa shape index (κ1) is 18.3. The van der Waals surface area contributed by atoms with E-state index < -0.39 is 0 Å². The molecule has 1 amide bonds. The Morgan fingerprint density at radius 3 is 2.77 bits per heavy atom. The van der Waals surface area contributed by atoms with Crippen molar-refractivity contribution in [3.8, 4) is 5.75 Å². The molecule has 2 aromatic carbocycles. The molecule has 0 radical (unpaired) electrons. The van der Waals surface area contributed by atoms with E-state index in [0.717, 1.165) is 29.8 Å². The van der Waals surface area contributed by atoms with Gasteiger partial charge in [-0.15, -0.1) is 0 Å². The number of hydrogen-bond acceptors (Lipinski definition) is 3. The molecule has 1 heterocycles. The first-order chi connectivity index (χ1) is 12.5. The SMILES string of the molecule is CCCn1c(CN(C)C(=O)c2cc(Cl)ccc2OC)nc2ccccc21. The maximum Gasteiger partial charge on any atom is 0.257 e. The standard InChI is InChI=1S/C20H22ClN3O2/c1-4-11-24-17-8-6-5-7-16(17)22-19(24)13-23(2)20(25)15-12-14(21)9-10-18(15)26-3/h5-10,12H,4,11,13H2,1-3H3. The Bertz CT molecular complexity index is 936. The molecule has 0 spiro atoms.